The molecule has 0 saturated carbocycles. The fourth-order valence-electron chi connectivity index (χ4n) is 8.85. The van der Waals surface area contributed by atoms with Gasteiger partial charge in [0.2, 0.25) is 5.91 Å². The number of ether oxygens (including phenoxy) is 2. The summed E-state index contributed by atoms with van der Waals surface area (Å²) in [5.74, 6) is -0.195. The molecule has 0 bridgehead atoms. The Balaban J connectivity index is 2.26. The number of carbonyl (C=O) groups excluding carboxylic acids is 1. The van der Waals surface area contributed by atoms with Crippen molar-refractivity contribution in [3.8, 4) is 0 Å². The molecule has 1 fully saturated rings. The normalized spacial score (nSPS) is 19.9. The molecule has 71 heavy (non-hydrogen) atoms. The average Bonchev–Trinajstić information content (AvgIpc) is 3.37. The SMILES string of the molecule is CC/C=C\C/C=C\C/C=C\C/C=C\C/C=C\CCCCCCCCCCCC(=O)NC(COC1OC(CO)C(O)C(O)C1O)C(O)/C=C/CC/C=C/CCCCCCCCCCCCCCCCCCC. The van der Waals surface area contributed by atoms with Crippen LogP contribution in [0.15, 0.2) is 85.1 Å². The summed E-state index contributed by atoms with van der Waals surface area (Å²) in [7, 11) is 0. The van der Waals surface area contributed by atoms with E-state index in [9.17, 15) is 30.3 Å². The van der Waals surface area contributed by atoms with E-state index in [2.05, 4.69) is 92.1 Å². The van der Waals surface area contributed by atoms with Crippen LogP contribution in [0.2, 0.25) is 0 Å². The Morgan fingerprint density at radius 2 is 0.887 bits per heavy atom. The van der Waals surface area contributed by atoms with Gasteiger partial charge in [0.15, 0.2) is 6.29 Å². The van der Waals surface area contributed by atoms with E-state index in [1.54, 1.807) is 6.08 Å². The standard InChI is InChI=1S/C62H109NO8/c1-3-5-7-9-11-13-15-17-19-21-23-25-27-28-30-32-34-36-38-40-42-44-46-48-50-52-58(66)63-55(54-70-62-61(69)60(68)59(67)57(53-64)71-62)56(65)51-49-47-45-43-41-39-37-35-33-31-29-26-24-22-20-18-16-14-12-10-8-6-4-2/h5,7,11,13,17,19,23,25,28,30,41,43,49,51,55-57,59-62,64-65,67-69H,3-4,6,8-10,12,14-16,18,20-22,24,26-27,29,31-40,42,44-48,50,52-54H2,1-2H3,(H,63,66)/b7-5-,13-11-,19-17-,25-23-,30-28-,43-41+,51-49+. The lowest BCUT2D eigenvalue weighted by Gasteiger charge is -2.40. The molecule has 1 heterocycles. The molecule has 1 amide bonds. The van der Waals surface area contributed by atoms with E-state index >= 15 is 0 Å². The van der Waals surface area contributed by atoms with Gasteiger partial charge in [0.1, 0.15) is 24.4 Å². The van der Waals surface area contributed by atoms with E-state index in [1.165, 1.54) is 141 Å². The third-order valence-electron chi connectivity index (χ3n) is 13.5. The number of amides is 1. The first-order chi connectivity index (χ1) is 34.8. The van der Waals surface area contributed by atoms with Crippen molar-refractivity contribution < 1.29 is 39.8 Å². The summed E-state index contributed by atoms with van der Waals surface area (Å²) >= 11 is 0. The van der Waals surface area contributed by atoms with E-state index < -0.39 is 49.5 Å². The van der Waals surface area contributed by atoms with Gasteiger partial charge in [-0.05, 0) is 77.0 Å². The molecule has 0 aromatic heterocycles. The molecule has 410 valence electrons. The molecule has 1 saturated heterocycles. The van der Waals surface area contributed by atoms with Gasteiger partial charge in [0.05, 0.1) is 25.4 Å². The van der Waals surface area contributed by atoms with E-state index in [4.69, 9.17) is 9.47 Å². The summed E-state index contributed by atoms with van der Waals surface area (Å²) in [5, 5.41) is 54.5. The number of nitrogens with one attached hydrogen (secondary N) is 1. The first kappa shape index (κ1) is 66.4. The lowest BCUT2D eigenvalue weighted by atomic mass is 9.99. The van der Waals surface area contributed by atoms with Crippen LogP contribution < -0.4 is 5.32 Å². The average molecular weight is 997 g/mol. The number of unbranched alkanes of at least 4 members (excludes halogenated alkanes) is 27. The lowest BCUT2D eigenvalue weighted by Crippen LogP contribution is -2.60. The van der Waals surface area contributed by atoms with E-state index in [-0.39, 0.29) is 12.5 Å². The molecule has 9 heteroatoms. The predicted octanol–water partition coefficient (Wildman–Crippen LogP) is 14.6. The molecule has 6 N–H and O–H groups in total. The van der Waals surface area contributed by atoms with Gasteiger partial charge in [0.25, 0.3) is 0 Å². The summed E-state index contributed by atoms with van der Waals surface area (Å²) < 4.78 is 11.3. The highest BCUT2D eigenvalue weighted by atomic mass is 16.7. The van der Waals surface area contributed by atoms with Crippen LogP contribution >= 0.6 is 0 Å². The van der Waals surface area contributed by atoms with Gasteiger partial charge >= 0.3 is 0 Å². The van der Waals surface area contributed by atoms with Crippen molar-refractivity contribution in [3.05, 3.63) is 85.1 Å². The van der Waals surface area contributed by atoms with Crippen molar-refractivity contribution in [1.29, 1.82) is 0 Å². The predicted molar refractivity (Wildman–Crippen MR) is 299 cm³/mol. The van der Waals surface area contributed by atoms with Gasteiger partial charge < -0.3 is 40.3 Å². The molecular weight excluding hydrogens is 887 g/mol. The van der Waals surface area contributed by atoms with Crippen molar-refractivity contribution in [3.63, 3.8) is 0 Å². The van der Waals surface area contributed by atoms with Crippen molar-refractivity contribution in [2.45, 2.75) is 288 Å². The van der Waals surface area contributed by atoms with Crippen molar-refractivity contribution in [1.82, 2.24) is 5.32 Å². The Hall–Kier alpha value is -2.63. The molecule has 9 nitrogen and oxygen atoms in total. The largest absolute Gasteiger partial charge is 0.394 e. The van der Waals surface area contributed by atoms with Crippen molar-refractivity contribution >= 4 is 5.91 Å². The first-order valence-corrected chi connectivity index (χ1v) is 29.3. The van der Waals surface area contributed by atoms with Crippen molar-refractivity contribution in [2.75, 3.05) is 13.2 Å². The zero-order valence-corrected chi connectivity index (χ0v) is 45.5. The number of rotatable bonds is 49. The summed E-state index contributed by atoms with van der Waals surface area (Å²) in [4.78, 5) is 13.1. The van der Waals surface area contributed by atoms with E-state index in [0.717, 1.165) is 83.5 Å². The summed E-state index contributed by atoms with van der Waals surface area (Å²) in [6, 6.07) is -0.831. The fraction of sp³-hybridized carbons (Fsp3) is 0.758. The Morgan fingerprint density at radius 1 is 0.493 bits per heavy atom. The summed E-state index contributed by atoms with van der Waals surface area (Å²) in [6.45, 7) is 3.66. The summed E-state index contributed by atoms with van der Waals surface area (Å²) in [5.41, 5.74) is 0. The highest BCUT2D eigenvalue weighted by Gasteiger charge is 2.44. The second-order valence-electron chi connectivity index (χ2n) is 20.0. The third kappa shape index (κ3) is 40.4. The maximum absolute atomic E-state index is 13.1. The van der Waals surface area contributed by atoms with Gasteiger partial charge in [-0.1, -0.05) is 247 Å². The highest BCUT2D eigenvalue weighted by Crippen LogP contribution is 2.23. The molecule has 1 aliphatic rings. The number of aliphatic hydroxyl groups is 5. The van der Waals surface area contributed by atoms with Crippen LogP contribution in [-0.2, 0) is 14.3 Å². The van der Waals surface area contributed by atoms with Crippen LogP contribution in [0.25, 0.3) is 0 Å². The molecular formula is C62H109NO8. The monoisotopic (exact) mass is 996 g/mol. The maximum Gasteiger partial charge on any atom is 0.220 e. The van der Waals surface area contributed by atoms with Crippen LogP contribution in [-0.4, -0.2) is 87.5 Å². The second-order valence-corrected chi connectivity index (χ2v) is 20.0. The van der Waals surface area contributed by atoms with Gasteiger partial charge in [-0.3, -0.25) is 4.79 Å². The molecule has 0 aromatic carbocycles. The smallest absolute Gasteiger partial charge is 0.220 e. The van der Waals surface area contributed by atoms with Gasteiger partial charge in [0, 0.05) is 6.42 Å². The molecule has 0 radical (unpaired) electrons. The minimum atomic E-state index is -1.58. The Bertz CT molecular complexity index is 1390. The van der Waals surface area contributed by atoms with Gasteiger partial charge in [-0.25, -0.2) is 0 Å². The molecule has 0 spiro atoms. The number of allylic oxidation sites excluding steroid dienone is 13. The van der Waals surface area contributed by atoms with Crippen LogP contribution in [0, 0.1) is 0 Å². The number of carbonyl (C=O) groups is 1. The third-order valence-corrected chi connectivity index (χ3v) is 13.5. The zero-order chi connectivity index (χ0) is 51.5. The summed E-state index contributed by atoms with van der Waals surface area (Å²) in [6.07, 6.45) is 65.0. The molecule has 1 aliphatic heterocycles. The van der Waals surface area contributed by atoms with E-state index in [1.807, 2.05) is 6.08 Å². The molecule has 0 aromatic rings. The fourth-order valence-corrected chi connectivity index (χ4v) is 8.85. The highest BCUT2D eigenvalue weighted by molar-refractivity contribution is 5.76. The quantitative estimate of drug-likeness (QED) is 0.0261. The Kier molecular flexibility index (Phi) is 47.6. The topological polar surface area (TPSA) is 149 Å². The Labute approximate surface area is 435 Å². The molecule has 0 aliphatic carbocycles. The van der Waals surface area contributed by atoms with Gasteiger partial charge in [-0.15, -0.1) is 0 Å². The van der Waals surface area contributed by atoms with Crippen LogP contribution in [0.3, 0.4) is 0 Å². The minimum Gasteiger partial charge on any atom is -0.394 e. The minimum absolute atomic E-state index is 0.195. The molecule has 7 atom stereocenters. The first-order valence-electron chi connectivity index (χ1n) is 29.3. The van der Waals surface area contributed by atoms with Crippen molar-refractivity contribution in [2.24, 2.45) is 0 Å². The maximum atomic E-state index is 13.1. The molecule has 1 rings (SSSR count). The van der Waals surface area contributed by atoms with Gasteiger partial charge in [-0.2, -0.15) is 0 Å². The second kappa shape index (κ2) is 50.9. The number of hydrogen-bond donors (Lipinski definition) is 6. The Morgan fingerprint density at radius 3 is 1.35 bits per heavy atom. The number of aliphatic hydroxyl groups excluding tert-OH is 5. The lowest BCUT2D eigenvalue weighted by molar-refractivity contribution is -0.302. The zero-order valence-electron chi connectivity index (χ0n) is 45.5. The van der Waals surface area contributed by atoms with Crippen LogP contribution in [0.5, 0.6) is 0 Å². The number of hydrogen-bond acceptors (Lipinski definition) is 8. The van der Waals surface area contributed by atoms with Crippen LogP contribution in [0.1, 0.15) is 245 Å². The van der Waals surface area contributed by atoms with Crippen LogP contribution in [0.4, 0.5) is 0 Å². The molecule has 7 unspecified atom stereocenters. The van der Waals surface area contributed by atoms with E-state index in [0.29, 0.717) is 6.42 Å².